The van der Waals surface area contributed by atoms with Crippen LogP contribution in [0.2, 0.25) is 0 Å². The van der Waals surface area contributed by atoms with Crippen LogP contribution in [-0.4, -0.2) is 35.6 Å². The molecule has 3 rings (SSSR count). The van der Waals surface area contributed by atoms with Gasteiger partial charge in [0.2, 0.25) is 11.8 Å². The Morgan fingerprint density at radius 3 is 2.71 bits per heavy atom. The molecule has 0 atom stereocenters. The van der Waals surface area contributed by atoms with Gasteiger partial charge >= 0.3 is 0 Å². The van der Waals surface area contributed by atoms with Gasteiger partial charge in [-0.25, -0.2) is 0 Å². The predicted molar refractivity (Wildman–Crippen MR) is 81.0 cm³/mol. The molecule has 0 radical (unpaired) electrons. The molecule has 1 amide bonds. The highest BCUT2D eigenvalue weighted by molar-refractivity contribution is 5.91. The lowest BCUT2D eigenvalue weighted by Gasteiger charge is -2.12. The van der Waals surface area contributed by atoms with Crippen molar-refractivity contribution in [2.45, 2.75) is 19.8 Å². The predicted octanol–water partition coefficient (Wildman–Crippen LogP) is 2.68. The molecule has 0 bridgehead atoms. The van der Waals surface area contributed by atoms with E-state index in [1.54, 1.807) is 6.07 Å². The molecule has 21 heavy (non-hydrogen) atoms. The van der Waals surface area contributed by atoms with Gasteiger partial charge in [-0.15, -0.1) is 0 Å². The summed E-state index contributed by atoms with van der Waals surface area (Å²) >= 11 is 0. The first-order valence-electron chi connectivity index (χ1n) is 7.27. The number of rotatable bonds is 4. The largest absolute Gasteiger partial charge is 0.338 e. The van der Waals surface area contributed by atoms with Crippen LogP contribution in [0.15, 0.2) is 34.9 Å². The zero-order chi connectivity index (χ0) is 14.7. The van der Waals surface area contributed by atoms with Gasteiger partial charge in [0.25, 0.3) is 0 Å². The topological polar surface area (TPSA) is 58.4 Å². The van der Waals surface area contributed by atoms with E-state index < -0.39 is 0 Å². The van der Waals surface area contributed by atoms with E-state index in [0.717, 1.165) is 24.3 Å². The van der Waals surface area contributed by atoms with Crippen molar-refractivity contribution < 1.29 is 9.32 Å². The second kappa shape index (κ2) is 6.10. The quantitative estimate of drug-likeness (QED) is 0.938. The maximum atomic E-state index is 11.9. The lowest BCUT2D eigenvalue weighted by molar-refractivity contribution is -0.117. The molecule has 5 nitrogen and oxygen atoms in total. The second-order valence-electron chi connectivity index (χ2n) is 5.47. The van der Waals surface area contributed by atoms with E-state index >= 15 is 0 Å². The highest BCUT2D eigenvalue weighted by atomic mass is 16.5. The first-order valence-corrected chi connectivity index (χ1v) is 7.27. The molecule has 5 heteroatoms. The van der Waals surface area contributed by atoms with Gasteiger partial charge < -0.3 is 4.52 Å². The Hall–Kier alpha value is -2.14. The standard InChI is InChI=1S/C16H19N3O2/c1-12-4-6-13(7-5-12)14-10-16(21-18-14)17-15(20)11-19-8-2-3-9-19/h4-7,10H,2-3,8-9,11H2,1H3,(H,17,20). The molecule has 1 N–H and O–H groups in total. The fourth-order valence-corrected chi connectivity index (χ4v) is 2.52. The Labute approximate surface area is 123 Å². The van der Waals surface area contributed by atoms with E-state index in [2.05, 4.69) is 15.4 Å². The zero-order valence-corrected chi connectivity index (χ0v) is 12.1. The monoisotopic (exact) mass is 285 g/mol. The molecule has 2 aromatic rings. The summed E-state index contributed by atoms with van der Waals surface area (Å²) < 4.78 is 5.18. The number of anilines is 1. The van der Waals surface area contributed by atoms with Gasteiger partial charge in [0, 0.05) is 11.6 Å². The van der Waals surface area contributed by atoms with E-state index in [1.165, 1.54) is 18.4 Å². The number of amides is 1. The maximum absolute atomic E-state index is 11.9. The van der Waals surface area contributed by atoms with E-state index in [-0.39, 0.29) is 5.91 Å². The van der Waals surface area contributed by atoms with E-state index in [1.807, 2.05) is 31.2 Å². The molecule has 1 saturated heterocycles. The summed E-state index contributed by atoms with van der Waals surface area (Å²) in [5.74, 6) is 0.346. The summed E-state index contributed by atoms with van der Waals surface area (Å²) in [7, 11) is 0. The fourth-order valence-electron chi connectivity index (χ4n) is 2.52. The summed E-state index contributed by atoms with van der Waals surface area (Å²) in [4.78, 5) is 14.1. The van der Waals surface area contributed by atoms with Crippen LogP contribution in [-0.2, 0) is 4.79 Å². The Bertz CT molecular complexity index is 613. The second-order valence-corrected chi connectivity index (χ2v) is 5.47. The number of nitrogens with one attached hydrogen (secondary N) is 1. The number of aromatic nitrogens is 1. The van der Waals surface area contributed by atoms with E-state index in [9.17, 15) is 4.79 Å². The highest BCUT2D eigenvalue weighted by Gasteiger charge is 2.16. The van der Waals surface area contributed by atoms with Gasteiger partial charge in [-0.1, -0.05) is 35.0 Å². The van der Waals surface area contributed by atoms with Crippen LogP contribution in [0.5, 0.6) is 0 Å². The number of carbonyl (C=O) groups excluding carboxylic acids is 1. The molecule has 0 aliphatic carbocycles. The number of likely N-dealkylation sites (tertiary alicyclic amines) is 1. The number of hydrogen-bond donors (Lipinski definition) is 1. The minimum absolute atomic E-state index is 0.0523. The zero-order valence-electron chi connectivity index (χ0n) is 12.1. The molecule has 2 heterocycles. The van der Waals surface area contributed by atoms with Crippen LogP contribution in [0.25, 0.3) is 11.3 Å². The summed E-state index contributed by atoms with van der Waals surface area (Å²) in [6, 6.07) is 9.78. The van der Waals surface area contributed by atoms with Crippen LogP contribution < -0.4 is 5.32 Å². The minimum Gasteiger partial charge on any atom is -0.338 e. The van der Waals surface area contributed by atoms with Gasteiger partial charge in [-0.05, 0) is 32.9 Å². The fraction of sp³-hybridized carbons (Fsp3) is 0.375. The Kier molecular flexibility index (Phi) is 4.01. The van der Waals surface area contributed by atoms with Gasteiger partial charge in [-0.2, -0.15) is 0 Å². The van der Waals surface area contributed by atoms with Gasteiger partial charge in [0.15, 0.2) is 0 Å². The van der Waals surface area contributed by atoms with Crippen molar-refractivity contribution in [1.29, 1.82) is 0 Å². The summed E-state index contributed by atoms with van der Waals surface area (Å²) in [5, 5.41) is 6.76. The Balaban J connectivity index is 1.61. The minimum atomic E-state index is -0.0523. The molecule has 1 fully saturated rings. The lowest BCUT2D eigenvalue weighted by Crippen LogP contribution is -2.30. The first kappa shape index (κ1) is 13.8. The molecule has 110 valence electrons. The van der Waals surface area contributed by atoms with Gasteiger partial charge in [-0.3, -0.25) is 15.0 Å². The normalized spacial score (nSPS) is 15.3. The number of benzene rings is 1. The molecular formula is C16H19N3O2. The average molecular weight is 285 g/mol. The SMILES string of the molecule is Cc1ccc(-c2cc(NC(=O)CN3CCCC3)on2)cc1. The molecule has 1 aromatic carbocycles. The molecule has 0 unspecified atom stereocenters. The molecule has 1 aliphatic heterocycles. The maximum Gasteiger partial charge on any atom is 0.240 e. The molecule has 1 aromatic heterocycles. The van der Waals surface area contributed by atoms with Crippen LogP contribution in [0.4, 0.5) is 5.88 Å². The molecule has 0 spiro atoms. The Morgan fingerprint density at radius 1 is 1.29 bits per heavy atom. The van der Waals surface area contributed by atoms with E-state index in [0.29, 0.717) is 12.4 Å². The third kappa shape index (κ3) is 3.49. The number of nitrogens with zero attached hydrogens (tertiary/aromatic N) is 2. The number of carbonyl (C=O) groups is 1. The third-order valence-electron chi connectivity index (χ3n) is 3.69. The van der Waals surface area contributed by atoms with Crippen LogP contribution in [0.3, 0.4) is 0 Å². The van der Waals surface area contributed by atoms with Gasteiger partial charge in [0.1, 0.15) is 5.69 Å². The summed E-state index contributed by atoms with van der Waals surface area (Å²) in [6.07, 6.45) is 2.35. The van der Waals surface area contributed by atoms with Crippen molar-refractivity contribution in [3.8, 4) is 11.3 Å². The van der Waals surface area contributed by atoms with Crippen molar-refractivity contribution in [2.75, 3.05) is 25.0 Å². The van der Waals surface area contributed by atoms with Crippen LogP contribution in [0.1, 0.15) is 18.4 Å². The van der Waals surface area contributed by atoms with Crippen molar-refractivity contribution in [1.82, 2.24) is 10.1 Å². The smallest absolute Gasteiger partial charge is 0.240 e. The number of aryl methyl sites for hydroxylation is 1. The average Bonchev–Trinajstić information content (AvgIpc) is 3.11. The van der Waals surface area contributed by atoms with Crippen LogP contribution in [0, 0.1) is 6.92 Å². The van der Waals surface area contributed by atoms with Crippen molar-refractivity contribution in [3.63, 3.8) is 0 Å². The van der Waals surface area contributed by atoms with Gasteiger partial charge in [0.05, 0.1) is 6.54 Å². The third-order valence-corrected chi connectivity index (χ3v) is 3.69. The summed E-state index contributed by atoms with van der Waals surface area (Å²) in [6.45, 7) is 4.45. The molecule has 0 saturated carbocycles. The van der Waals surface area contributed by atoms with Crippen LogP contribution >= 0.6 is 0 Å². The Morgan fingerprint density at radius 2 is 2.00 bits per heavy atom. The molecular weight excluding hydrogens is 266 g/mol. The van der Waals surface area contributed by atoms with E-state index in [4.69, 9.17) is 4.52 Å². The van der Waals surface area contributed by atoms with Crippen molar-refractivity contribution >= 4 is 11.8 Å². The number of hydrogen-bond acceptors (Lipinski definition) is 4. The van der Waals surface area contributed by atoms with Crippen molar-refractivity contribution in [2.24, 2.45) is 0 Å². The molecule has 1 aliphatic rings. The first-order chi connectivity index (χ1) is 10.2. The summed E-state index contributed by atoms with van der Waals surface area (Å²) in [5.41, 5.74) is 2.90. The highest BCUT2D eigenvalue weighted by Crippen LogP contribution is 2.22. The lowest BCUT2D eigenvalue weighted by atomic mass is 10.1. The van der Waals surface area contributed by atoms with Crippen molar-refractivity contribution in [3.05, 3.63) is 35.9 Å².